The van der Waals surface area contributed by atoms with Crippen molar-refractivity contribution in [1.82, 2.24) is 4.57 Å². The third-order valence-corrected chi connectivity index (χ3v) is 1.48. The highest BCUT2D eigenvalue weighted by Gasteiger charge is 1.85. The molecule has 0 aromatic carbocycles. The topological polar surface area (TPSA) is 17.3 Å². The van der Waals surface area contributed by atoms with Crippen molar-refractivity contribution in [3.63, 3.8) is 0 Å². The van der Waals surface area contributed by atoms with E-state index in [1.807, 2.05) is 29.9 Å². The lowest BCUT2D eigenvalue weighted by atomic mass is 10.3. The van der Waals surface area contributed by atoms with Crippen LogP contribution in [0.2, 0.25) is 0 Å². The molecule has 1 heterocycles. The molecule has 1 aromatic rings. The summed E-state index contributed by atoms with van der Waals surface area (Å²) < 4.78 is 1.97. The van der Waals surface area contributed by atoms with Crippen LogP contribution < -0.4 is 5.49 Å². The van der Waals surface area contributed by atoms with Gasteiger partial charge in [-0.1, -0.05) is 12.6 Å². The Morgan fingerprint density at radius 2 is 2.27 bits per heavy atom. The van der Waals surface area contributed by atoms with E-state index in [1.165, 1.54) is 5.56 Å². The fourth-order valence-electron chi connectivity index (χ4n) is 0.966. The molecule has 0 saturated heterocycles. The van der Waals surface area contributed by atoms with Gasteiger partial charge in [0.15, 0.2) is 0 Å². The van der Waals surface area contributed by atoms with Gasteiger partial charge in [0.25, 0.3) is 0 Å². The van der Waals surface area contributed by atoms with E-state index < -0.39 is 0 Å². The molecule has 0 aliphatic rings. The molecule has 0 spiro atoms. The highest BCUT2D eigenvalue weighted by atomic mass is 15.0. The summed E-state index contributed by atoms with van der Waals surface area (Å²) >= 11 is 0. The smallest absolute Gasteiger partial charge is 0.132 e. The third kappa shape index (κ3) is 1.80. The largest absolute Gasteiger partial charge is 0.336 e. The van der Waals surface area contributed by atoms with Crippen LogP contribution in [0.25, 0.3) is 0 Å². The van der Waals surface area contributed by atoms with Crippen molar-refractivity contribution in [2.45, 2.75) is 6.92 Å². The summed E-state index contributed by atoms with van der Waals surface area (Å²) in [6.07, 6.45) is 3.58. The molecular formula is C9H12N2. The molecule has 0 N–H and O–H groups in total. The van der Waals surface area contributed by atoms with Crippen LogP contribution in [-0.4, -0.2) is 4.57 Å². The molecule has 0 bridgehead atoms. The Kier molecular flexibility index (Phi) is 2.26. The first kappa shape index (κ1) is 7.79. The molecule has 0 atom stereocenters. The molecule has 11 heavy (non-hydrogen) atoms. The lowest BCUT2D eigenvalue weighted by Crippen LogP contribution is -2.15. The molecule has 2 heteroatoms. The van der Waals surface area contributed by atoms with E-state index in [0.717, 1.165) is 5.49 Å². The van der Waals surface area contributed by atoms with Gasteiger partial charge in [-0.3, -0.25) is 0 Å². The molecule has 0 amide bonds. The molecule has 1 rings (SSSR count). The Bertz CT molecular complexity index is 321. The van der Waals surface area contributed by atoms with Gasteiger partial charge in [0.05, 0.1) is 0 Å². The Morgan fingerprint density at radius 1 is 1.55 bits per heavy atom. The monoisotopic (exact) mass is 148 g/mol. The molecule has 0 aliphatic carbocycles. The number of aromatic nitrogens is 1. The molecule has 0 fully saturated rings. The molecule has 2 nitrogen and oxygen atoms in total. The van der Waals surface area contributed by atoms with E-state index in [1.54, 1.807) is 6.20 Å². The van der Waals surface area contributed by atoms with Crippen LogP contribution in [0.1, 0.15) is 5.56 Å². The quantitative estimate of drug-likeness (QED) is 0.572. The van der Waals surface area contributed by atoms with Crippen LogP contribution in [0.5, 0.6) is 0 Å². The minimum Gasteiger partial charge on any atom is -0.336 e. The van der Waals surface area contributed by atoms with E-state index in [4.69, 9.17) is 0 Å². The van der Waals surface area contributed by atoms with Crippen LogP contribution in [-0.2, 0) is 7.05 Å². The molecule has 58 valence electrons. The van der Waals surface area contributed by atoms with E-state index in [0.29, 0.717) is 0 Å². The molecule has 0 unspecified atom stereocenters. The van der Waals surface area contributed by atoms with Crippen molar-refractivity contribution in [3.05, 3.63) is 42.2 Å². The highest BCUT2D eigenvalue weighted by Crippen LogP contribution is 1.89. The number of rotatable bonds is 1. The summed E-state index contributed by atoms with van der Waals surface area (Å²) in [5.74, 6) is 0. The normalized spacial score (nSPS) is 11.6. The fraction of sp³-hybridized carbons (Fsp3) is 0.222. The van der Waals surface area contributed by atoms with Crippen LogP contribution in [0, 0.1) is 6.92 Å². The average Bonchev–Trinajstić information content (AvgIpc) is 1.95. The highest BCUT2D eigenvalue weighted by molar-refractivity contribution is 5.06. The summed E-state index contributed by atoms with van der Waals surface area (Å²) in [6, 6.07) is 4.00. The molecule has 0 radical (unpaired) electrons. The summed E-state index contributed by atoms with van der Waals surface area (Å²) in [7, 11) is 1.97. The maximum absolute atomic E-state index is 4.07. The molecular weight excluding hydrogens is 136 g/mol. The van der Waals surface area contributed by atoms with Crippen LogP contribution in [0.4, 0.5) is 0 Å². The maximum atomic E-state index is 4.07. The summed E-state index contributed by atoms with van der Waals surface area (Å²) in [4.78, 5) is 4.07. The SMILES string of the molecule is C=CN=c1ccc(C)cn1C. The Morgan fingerprint density at radius 3 is 2.82 bits per heavy atom. The minimum absolute atomic E-state index is 0.922. The van der Waals surface area contributed by atoms with Crippen molar-refractivity contribution in [1.29, 1.82) is 0 Å². The van der Waals surface area contributed by atoms with Crippen LogP contribution >= 0.6 is 0 Å². The van der Waals surface area contributed by atoms with E-state index in [-0.39, 0.29) is 0 Å². The first-order valence-electron chi connectivity index (χ1n) is 3.52. The van der Waals surface area contributed by atoms with Gasteiger partial charge in [0.1, 0.15) is 5.49 Å². The molecule has 1 aromatic heterocycles. The molecule has 0 saturated carbocycles. The first-order valence-corrected chi connectivity index (χ1v) is 3.52. The zero-order valence-electron chi connectivity index (χ0n) is 6.91. The summed E-state index contributed by atoms with van der Waals surface area (Å²) in [6.45, 7) is 5.59. The van der Waals surface area contributed by atoms with Crippen LogP contribution in [0.3, 0.4) is 0 Å². The minimum atomic E-state index is 0.922. The lowest BCUT2D eigenvalue weighted by molar-refractivity contribution is 0.827. The van der Waals surface area contributed by atoms with Crippen molar-refractivity contribution < 1.29 is 0 Å². The zero-order valence-corrected chi connectivity index (χ0v) is 6.91. The number of aryl methyl sites for hydroxylation is 2. The second kappa shape index (κ2) is 3.19. The Balaban J connectivity index is 3.30. The van der Waals surface area contributed by atoms with E-state index in [9.17, 15) is 0 Å². The van der Waals surface area contributed by atoms with Crippen molar-refractivity contribution in [2.24, 2.45) is 12.0 Å². The van der Waals surface area contributed by atoms with E-state index in [2.05, 4.69) is 18.5 Å². The van der Waals surface area contributed by atoms with Crippen LogP contribution in [0.15, 0.2) is 36.1 Å². The van der Waals surface area contributed by atoms with Gasteiger partial charge >= 0.3 is 0 Å². The number of nitrogens with zero attached hydrogens (tertiary/aromatic N) is 2. The number of hydrogen-bond donors (Lipinski definition) is 0. The fourth-order valence-corrected chi connectivity index (χ4v) is 0.966. The van der Waals surface area contributed by atoms with Crippen molar-refractivity contribution in [2.75, 3.05) is 0 Å². The van der Waals surface area contributed by atoms with Gasteiger partial charge in [-0.15, -0.1) is 0 Å². The second-order valence-electron chi connectivity index (χ2n) is 2.49. The predicted molar refractivity (Wildman–Crippen MR) is 45.9 cm³/mol. The zero-order chi connectivity index (χ0) is 8.27. The Labute approximate surface area is 66.5 Å². The predicted octanol–water partition coefficient (Wildman–Crippen LogP) is 1.38. The standard InChI is InChI=1S/C9H12N2/c1-4-10-9-6-5-8(2)7-11(9)3/h4-7H,1H2,2-3H3. The van der Waals surface area contributed by atoms with Gasteiger partial charge < -0.3 is 4.57 Å². The first-order chi connectivity index (χ1) is 5.24. The number of pyridine rings is 1. The van der Waals surface area contributed by atoms with Crippen molar-refractivity contribution in [3.8, 4) is 0 Å². The van der Waals surface area contributed by atoms with Crippen molar-refractivity contribution >= 4 is 0 Å². The number of hydrogen-bond acceptors (Lipinski definition) is 1. The molecule has 0 aliphatic heterocycles. The van der Waals surface area contributed by atoms with Gasteiger partial charge in [0.2, 0.25) is 0 Å². The summed E-state index contributed by atoms with van der Waals surface area (Å²) in [5, 5.41) is 0. The summed E-state index contributed by atoms with van der Waals surface area (Å²) in [5.41, 5.74) is 2.15. The maximum Gasteiger partial charge on any atom is 0.132 e. The average molecular weight is 148 g/mol. The third-order valence-electron chi connectivity index (χ3n) is 1.48. The van der Waals surface area contributed by atoms with Gasteiger partial charge in [-0.05, 0) is 18.6 Å². The lowest BCUT2D eigenvalue weighted by Gasteiger charge is -1.99. The van der Waals surface area contributed by atoms with Gasteiger partial charge in [-0.2, -0.15) is 0 Å². The second-order valence-corrected chi connectivity index (χ2v) is 2.49. The van der Waals surface area contributed by atoms with Gasteiger partial charge in [0, 0.05) is 19.4 Å². The van der Waals surface area contributed by atoms with E-state index >= 15 is 0 Å². The Hall–Kier alpha value is -1.31. The van der Waals surface area contributed by atoms with Gasteiger partial charge in [-0.25, -0.2) is 4.99 Å².